The van der Waals surface area contributed by atoms with Crippen molar-refractivity contribution in [3.8, 4) is 0 Å². The molecule has 2 fully saturated rings. The van der Waals surface area contributed by atoms with Crippen LogP contribution in [0.4, 0.5) is 0 Å². The molecule has 0 N–H and O–H groups in total. The van der Waals surface area contributed by atoms with Gasteiger partial charge in [-0.25, -0.2) is 9.50 Å². The lowest BCUT2D eigenvalue weighted by atomic mass is 10.0. The molecule has 24 heavy (non-hydrogen) atoms. The van der Waals surface area contributed by atoms with Gasteiger partial charge in [0.05, 0.1) is 11.2 Å². The van der Waals surface area contributed by atoms with Crippen molar-refractivity contribution < 1.29 is 14.2 Å². The molecular weight excluding hydrogens is 326 g/mol. The van der Waals surface area contributed by atoms with E-state index >= 15 is 0 Å². The highest BCUT2D eigenvalue weighted by Gasteiger charge is 2.56. The second kappa shape index (κ2) is 5.56. The molecule has 0 radical (unpaired) electrons. The van der Waals surface area contributed by atoms with Gasteiger partial charge in [-0.2, -0.15) is 5.10 Å². The molecule has 2 saturated heterocycles. The van der Waals surface area contributed by atoms with Crippen molar-refractivity contribution in [1.29, 1.82) is 0 Å². The van der Waals surface area contributed by atoms with Crippen molar-refractivity contribution in [2.24, 2.45) is 0 Å². The third-order valence-corrected chi connectivity index (χ3v) is 5.17. The Morgan fingerprint density at radius 3 is 2.75 bits per heavy atom. The largest absolute Gasteiger partial charge is 0.359 e. The van der Waals surface area contributed by atoms with E-state index in [1.807, 2.05) is 43.7 Å². The van der Waals surface area contributed by atoms with Crippen molar-refractivity contribution in [1.82, 2.24) is 14.6 Å². The zero-order chi connectivity index (χ0) is 17.1. The maximum atomic E-state index is 6.27. The number of thioether (sulfide) groups is 1. The third kappa shape index (κ3) is 2.38. The normalized spacial score (nSPS) is 31.5. The van der Waals surface area contributed by atoms with E-state index < -0.39 is 5.79 Å². The molecule has 128 valence electrons. The van der Waals surface area contributed by atoms with Crippen molar-refractivity contribution in [3.63, 3.8) is 0 Å². The van der Waals surface area contributed by atoms with Crippen LogP contribution in [0, 0.1) is 0 Å². The van der Waals surface area contributed by atoms with E-state index in [2.05, 4.69) is 16.7 Å². The van der Waals surface area contributed by atoms with E-state index in [0.29, 0.717) is 0 Å². The molecule has 4 atom stereocenters. The Labute approximate surface area is 145 Å². The molecule has 0 bridgehead atoms. The molecule has 4 heterocycles. The molecular formula is C17H21N3O3S. The maximum Gasteiger partial charge on any atom is 0.164 e. The lowest BCUT2D eigenvalue weighted by molar-refractivity contribution is -0.184. The minimum Gasteiger partial charge on any atom is -0.359 e. The van der Waals surface area contributed by atoms with Gasteiger partial charge in [-0.1, -0.05) is 6.58 Å². The summed E-state index contributed by atoms with van der Waals surface area (Å²) < 4.78 is 20.4. The molecule has 4 rings (SSSR count). The van der Waals surface area contributed by atoms with E-state index in [1.54, 1.807) is 18.1 Å². The van der Waals surface area contributed by atoms with Crippen molar-refractivity contribution in [2.45, 2.75) is 56.0 Å². The van der Waals surface area contributed by atoms with Gasteiger partial charge in [0.1, 0.15) is 35.8 Å². The van der Waals surface area contributed by atoms with E-state index in [1.165, 1.54) is 0 Å². The predicted octanol–water partition coefficient (Wildman–Crippen LogP) is 2.99. The number of rotatable bonds is 3. The van der Waals surface area contributed by atoms with Gasteiger partial charge >= 0.3 is 0 Å². The molecule has 2 aromatic heterocycles. The predicted molar refractivity (Wildman–Crippen MR) is 91.0 cm³/mol. The van der Waals surface area contributed by atoms with Crippen LogP contribution in [0.15, 0.2) is 35.6 Å². The number of hydrogen-bond donors (Lipinski definition) is 0. The van der Waals surface area contributed by atoms with Gasteiger partial charge in [-0.15, -0.1) is 11.8 Å². The number of nitrogens with zero attached hydrogens (tertiary/aromatic N) is 3. The fraction of sp³-hybridized carbons (Fsp3) is 0.529. The van der Waals surface area contributed by atoms with Crippen LogP contribution < -0.4 is 0 Å². The fourth-order valence-electron chi connectivity index (χ4n) is 3.54. The second-order valence-electron chi connectivity index (χ2n) is 6.71. The van der Waals surface area contributed by atoms with Crippen LogP contribution >= 0.6 is 11.8 Å². The molecule has 0 saturated carbocycles. The highest BCUT2D eigenvalue weighted by Crippen LogP contribution is 2.46. The van der Waals surface area contributed by atoms with Crippen LogP contribution in [0.25, 0.3) is 5.52 Å². The van der Waals surface area contributed by atoms with Crippen LogP contribution in [0.2, 0.25) is 0 Å². The molecule has 0 amide bonds. The first-order chi connectivity index (χ1) is 11.4. The Bertz CT molecular complexity index is 803. The molecule has 0 aromatic carbocycles. The van der Waals surface area contributed by atoms with Gasteiger partial charge in [0, 0.05) is 0 Å². The summed E-state index contributed by atoms with van der Waals surface area (Å²) in [7, 11) is 0. The first kappa shape index (κ1) is 16.1. The van der Waals surface area contributed by atoms with Gasteiger partial charge in [-0.05, 0) is 44.7 Å². The smallest absolute Gasteiger partial charge is 0.164 e. The van der Waals surface area contributed by atoms with Crippen LogP contribution in [0.1, 0.15) is 32.6 Å². The van der Waals surface area contributed by atoms with Gasteiger partial charge in [0.2, 0.25) is 0 Å². The molecule has 2 aliphatic rings. The summed E-state index contributed by atoms with van der Waals surface area (Å²) in [6.45, 7) is 9.88. The molecule has 7 heteroatoms. The topological polar surface area (TPSA) is 57.9 Å². The summed E-state index contributed by atoms with van der Waals surface area (Å²) in [4.78, 5) is 4.32. The zero-order valence-electron chi connectivity index (χ0n) is 14.2. The number of hydrogen-bond acceptors (Lipinski definition) is 6. The Balaban J connectivity index is 1.78. The van der Waals surface area contributed by atoms with Crippen LogP contribution in [-0.2, 0) is 14.2 Å². The second-order valence-corrected chi connectivity index (χ2v) is 7.51. The summed E-state index contributed by atoms with van der Waals surface area (Å²) in [5, 5.41) is 5.34. The number of ether oxygens (including phenoxy) is 3. The standard InChI is InChI=1S/C17H21N3O3S/c1-9(2)12-14-15(23-17(3,4)22-14)13(21-12)10-6-7-11-16(24-5)18-8-19-20(10)11/h6-8,12-15H,1H2,2-5H3/t12-,13+,14-,15+/m1/s1. The fourth-order valence-corrected chi connectivity index (χ4v) is 4.05. The summed E-state index contributed by atoms with van der Waals surface area (Å²) in [6, 6.07) is 4.05. The monoisotopic (exact) mass is 347 g/mol. The quantitative estimate of drug-likeness (QED) is 0.628. The number of fused-ring (bicyclic) bond motifs is 2. The van der Waals surface area contributed by atoms with Crippen LogP contribution in [-0.4, -0.2) is 45.0 Å². The minimum atomic E-state index is -0.627. The SMILES string of the molecule is C=C(C)[C@H]1O[C@@H](c2ccc3c(SC)ncnn23)[C@@H]2OC(C)(C)O[C@@H]21. The molecule has 0 aliphatic carbocycles. The van der Waals surface area contributed by atoms with Gasteiger partial charge < -0.3 is 14.2 Å². The van der Waals surface area contributed by atoms with Crippen molar-refractivity contribution >= 4 is 17.3 Å². The summed E-state index contributed by atoms with van der Waals surface area (Å²) in [5.41, 5.74) is 2.86. The molecule has 6 nitrogen and oxygen atoms in total. The minimum absolute atomic E-state index is 0.157. The van der Waals surface area contributed by atoms with Crippen LogP contribution in [0.5, 0.6) is 0 Å². The van der Waals surface area contributed by atoms with E-state index in [0.717, 1.165) is 21.8 Å². The maximum absolute atomic E-state index is 6.27. The van der Waals surface area contributed by atoms with Crippen molar-refractivity contribution in [2.75, 3.05) is 6.26 Å². The highest BCUT2D eigenvalue weighted by atomic mass is 32.2. The Morgan fingerprint density at radius 2 is 2.04 bits per heavy atom. The molecule has 0 spiro atoms. The van der Waals surface area contributed by atoms with Gasteiger partial charge in [-0.3, -0.25) is 0 Å². The third-order valence-electron chi connectivity index (χ3n) is 4.47. The summed E-state index contributed by atoms with van der Waals surface area (Å²) in [5.74, 6) is -0.627. The summed E-state index contributed by atoms with van der Waals surface area (Å²) in [6.07, 6.45) is 2.79. The summed E-state index contributed by atoms with van der Waals surface area (Å²) >= 11 is 1.60. The first-order valence-corrected chi connectivity index (χ1v) is 9.17. The first-order valence-electron chi connectivity index (χ1n) is 7.94. The Morgan fingerprint density at radius 1 is 1.29 bits per heavy atom. The lowest BCUT2D eigenvalue weighted by Crippen LogP contribution is -2.30. The Kier molecular flexibility index (Phi) is 3.72. The van der Waals surface area contributed by atoms with E-state index in [-0.39, 0.29) is 24.4 Å². The zero-order valence-corrected chi connectivity index (χ0v) is 15.0. The molecule has 2 aliphatic heterocycles. The van der Waals surface area contributed by atoms with Crippen molar-refractivity contribution in [3.05, 3.63) is 36.3 Å². The van der Waals surface area contributed by atoms with E-state index in [9.17, 15) is 0 Å². The molecule has 0 unspecified atom stereocenters. The average Bonchev–Trinajstić information content (AvgIpc) is 3.16. The number of aromatic nitrogens is 3. The van der Waals surface area contributed by atoms with Gasteiger partial charge in [0.25, 0.3) is 0 Å². The van der Waals surface area contributed by atoms with Crippen LogP contribution in [0.3, 0.4) is 0 Å². The molecule has 2 aromatic rings. The highest BCUT2D eigenvalue weighted by molar-refractivity contribution is 7.98. The van der Waals surface area contributed by atoms with Gasteiger partial charge in [0.15, 0.2) is 5.79 Å². The average molecular weight is 347 g/mol. The lowest BCUT2D eigenvalue weighted by Gasteiger charge is -2.24. The Hall–Kier alpha value is -1.41. The van der Waals surface area contributed by atoms with E-state index in [4.69, 9.17) is 14.2 Å².